The van der Waals surface area contributed by atoms with Crippen LogP contribution in [0.25, 0.3) is 0 Å². The van der Waals surface area contributed by atoms with Crippen molar-refractivity contribution in [1.82, 2.24) is 4.98 Å². The monoisotopic (exact) mass is 297 g/mol. The van der Waals surface area contributed by atoms with Gasteiger partial charge in [-0.2, -0.15) is 0 Å². The molecule has 1 aromatic carbocycles. The lowest BCUT2D eigenvalue weighted by atomic mass is 10.2. The van der Waals surface area contributed by atoms with Crippen LogP contribution in [0.5, 0.6) is 0 Å². The van der Waals surface area contributed by atoms with Crippen LogP contribution >= 0.6 is 27.3 Å². The van der Waals surface area contributed by atoms with Gasteiger partial charge in [-0.3, -0.25) is 0 Å². The van der Waals surface area contributed by atoms with E-state index in [9.17, 15) is 4.79 Å². The molecule has 82 valence electrons. The first kappa shape index (κ1) is 11.3. The predicted molar refractivity (Wildman–Crippen MR) is 65.4 cm³/mol. The Balaban J connectivity index is 1.94. The van der Waals surface area contributed by atoms with Gasteiger partial charge in [0.05, 0.1) is 0 Å². The van der Waals surface area contributed by atoms with E-state index < -0.39 is 0 Å². The standard InChI is InChI=1S/C11H8BrNO2S/c12-9-7-16-10(13-9)11(14)15-6-8-4-2-1-3-5-8/h1-5,7H,6H2. The molecule has 0 aliphatic carbocycles. The zero-order valence-corrected chi connectivity index (χ0v) is 10.6. The minimum Gasteiger partial charge on any atom is -0.455 e. The number of aromatic nitrogens is 1. The fraction of sp³-hybridized carbons (Fsp3) is 0.0909. The molecule has 0 saturated carbocycles. The van der Waals surface area contributed by atoms with Gasteiger partial charge in [0.25, 0.3) is 0 Å². The average molecular weight is 298 g/mol. The molecule has 0 atom stereocenters. The fourth-order valence-electron chi connectivity index (χ4n) is 1.13. The van der Waals surface area contributed by atoms with E-state index in [2.05, 4.69) is 20.9 Å². The number of hydrogen-bond donors (Lipinski definition) is 0. The molecule has 0 unspecified atom stereocenters. The second-order valence-corrected chi connectivity index (χ2v) is 4.71. The second-order valence-electron chi connectivity index (χ2n) is 3.04. The van der Waals surface area contributed by atoms with Crippen LogP contribution in [0, 0.1) is 0 Å². The van der Waals surface area contributed by atoms with Crippen LogP contribution in [-0.4, -0.2) is 11.0 Å². The van der Waals surface area contributed by atoms with Gasteiger partial charge in [-0.05, 0) is 21.5 Å². The summed E-state index contributed by atoms with van der Waals surface area (Å²) >= 11 is 4.45. The van der Waals surface area contributed by atoms with Gasteiger partial charge in [0, 0.05) is 5.38 Å². The van der Waals surface area contributed by atoms with Crippen molar-refractivity contribution in [3.8, 4) is 0 Å². The first-order chi connectivity index (χ1) is 7.75. The Hall–Kier alpha value is -1.20. The van der Waals surface area contributed by atoms with E-state index in [4.69, 9.17) is 4.74 Å². The number of thiazole rings is 1. The molecule has 0 aliphatic heterocycles. The molecule has 0 fully saturated rings. The van der Waals surface area contributed by atoms with Gasteiger partial charge in [-0.1, -0.05) is 30.3 Å². The van der Waals surface area contributed by atoms with Crippen molar-refractivity contribution in [2.75, 3.05) is 0 Å². The summed E-state index contributed by atoms with van der Waals surface area (Å²) in [4.78, 5) is 15.5. The lowest BCUT2D eigenvalue weighted by Gasteiger charge is -2.01. The Morgan fingerprint density at radius 2 is 2.12 bits per heavy atom. The van der Waals surface area contributed by atoms with E-state index >= 15 is 0 Å². The Morgan fingerprint density at radius 1 is 1.38 bits per heavy atom. The number of hydrogen-bond acceptors (Lipinski definition) is 4. The van der Waals surface area contributed by atoms with Crippen molar-refractivity contribution in [3.05, 3.63) is 50.9 Å². The number of nitrogens with zero attached hydrogens (tertiary/aromatic N) is 1. The van der Waals surface area contributed by atoms with Crippen molar-refractivity contribution < 1.29 is 9.53 Å². The maximum atomic E-state index is 11.5. The van der Waals surface area contributed by atoms with Crippen LogP contribution in [0.15, 0.2) is 40.3 Å². The number of carbonyl (C=O) groups excluding carboxylic acids is 1. The smallest absolute Gasteiger partial charge is 0.367 e. The van der Waals surface area contributed by atoms with Gasteiger partial charge in [0.2, 0.25) is 5.01 Å². The minimum atomic E-state index is -0.389. The van der Waals surface area contributed by atoms with Crippen LogP contribution < -0.4 is 0 Å². The third-order valence-corrected chi connectivity index (χ3v) is 3.40. The van der Waals surface area contributed by atoms with Crippen LogP contribution in [0.3, 0.4) is 0 Å². The lowest BCUT2D eigenvalue weighted by molar-refractivity contribution is 0.0472. The molecule has 1 heterocycles. The molecule has 3 nitrogen and oxygen atoms in total. The van der Waals surface area contributed by atoms with E-state index in [1.54, 1.807) is 5.38 Å². The summed E-state index contributed by atoms with van der Waals surface area (Å²) in [5.41, 5.74) is 0.964. The highest BCUT2D eigenvalue weighted by Gasteiger charge is 2.11. The molecular formula is C11H8BrNO2S. The zero-order valence-electron chi connectivity index (χ0n) is 8.22. The summed E-state index contributed by atoms with van der Waals surface area (Å²) in [5.74, 6) is -0.389. The molecule has 0 radical (unpaired) electrons. The van der Waals surface area contributed by atoms with E-state index in [0.29, 0.717) is 9.61 Å². The first-order valence-electron chi connectivity index (χ1n) is 4.58. The molecule has 0 aliphatic rings. The van der Waals surface area contributed by atoms with Crippen molar-refractivity contribution >= 4 is 33.2 Å². The van der Waals surface area contributed by atoms with Gasteiger partial charge in [-0.25, -0.2) is 9.78 Å². The quantitative estimate of drug-likeness (QED) is 0.816. The number of rotatable bonds is 3. The van der Waals surface area contributed by atoms with Crippen LogP contribution in [0.4, 0.5) is 0 Å². The molecule has 2 rings (SSSR count). The second kappa shape index (κ2) is 5.23. The molecular weight excluding hydrogens is 290 g/mol. The number of ether oxygens (including phenoxy) is 1. The summed E-state index contributed by atoms with van der Waals surface area (Å²) in [5, 5.41) is 2.11. The Labute approximate surface area is 105 Å². The fourth-order valence-corrected chi connectivity index (χ4v) is 2.28. The van der Waals surface area contributed by atoms with Gasteiger partial charge in [-0.15, -0.1) is 11.3 Å². The van der Waals surface area contributed by atoms with E-state index in [1.165, 1.54) is 11.3 Å². The highest BCUT2D eigenvalue weighted by Crippen LogP contribution is 2.16. The van der Waals surface area contributed by atoms with Gasteiger partial charge in [0.1, 0.15) is 11.2 Å². The van der Waals surface area contributed by atoms with Crippen molar-refractivity contribution in [2.24, 2.45) is 0 Å². The third-order valence-electron chi connectivity index (χ3n) is 1.86. The van der Waals surface area contributed by atoms with E-state index in [-0.39, 0.29) is 12.6 Å². The van der Waals surface area contributed by atoms with Gasteiger partial charge < -0.3 is 4.74 Å². The van der Waals surface area contributed by atoms with Crippen molar-refractivity contribution in [1.29, 1.82) is 0 Å². The molecule has 0 bridgehead atoms. The number of halogens is 1. The van der Waals surface area contributed by atoms with E-state index in [0.717, 1.165) is 5.56 Å². The summed E-state index contributed by atoms with van der Waals surface area (Å²) in [6.45, 7) is 0.275. The topological polar surface area (TPSA) is 39.2 Å². The maximum Gasteiger partial charge on any atom is 0.367 e. The van der Waals surface area contributed by atoms with Gasteiger partial charge >= 0.3 is 5.97 Å². The Bertz CT molecular complexity index is 484. The molecule has 0 amide bonds. The molecule has 16 heavy (non-hydrogen) atoms. The Kier molecular flexibility index (Phi) is 3.69. The summed E-state index contributed by atoms with van der Waals surface area (Å²) in [6, 6.07) is 9.55. The lowest BCUT2D eigenvalue weighted by Crippen LogP contribution is -2.04. The summed E-state index contributed by atoms with van der Waals surface area (Å²) < 4.78 is 5.77. The maximum absolute atomic E-state index is 11.5. The zero-order chi connectivity index (χ0) is 11.4. The summed E-state index contributed by atoms with van der Waals surface area (Å²) in [6.07, 6.45) is 0. The molecule has 1 aromatic heterocycles. The van der Waals surface area contributed by atoms with Crippen molar-refractivity contribution in [2.45, 2.75) is 6.61 Å². The predicted octanol–water partition coefficient (Wildman–Crippen LogP) is 3.26. The largest absolute Gasteiger partial charge is 0.455 e. The van der Waals surface area contributed by atoms with Crippen molar-refractivity contribution in [3.63, 3.8) is 0 Å². The SMILES string of the molecule is O=C(OCc1ccccc1)c1nc(Br)cs1. The van der Waals surface area contributed by atoms with Gasteiger partial charge in [0.15, 0.2) is 0 Å². The number of benzene rings is 1. The van der Waals surface area contributed by atoms with E-state index in [1.807, 2.05) is 30.3 Å². The van der Waals surface area contributed by atoms with Crippen LogP contribution in [-0.2, 0) is 11.3 Å². The normalized spacial score (nSPS) is 10.1. The third kappa shape index (κ3) is 2.90. The highest BCUT2D eigenvalue weighted by atomic mass is 79.9. The average Bonchev–Trinajstić information content (AvgIpc) is 2.74. The highest BCUT2D eigenvalue weighted by molar-refractivity contribution is 9.10. The molecule has 0 N–H and O–H groups in total. The molecule has 0 spiro atoms. The molecule has 5 heteroatoms. The number of esters is 1. The molecule has 0 saturated heterocycles. The summed E-state index contributed by atoms with van der Waals surface area (Å²) in [7, 11) is 0. The first-order valence-corrected chi connectivity index (χ1v) is 6.25. The number of carbonyl (C=O) groups is 1. The minimum absolute atomic E-state index is 0.275. The molecule has 2 aromatic rings. The van der Waals surface area contributed by atoms with Crippen LogP contribution in [0.2, 0.25) is 0 Å². The van der Waals surface area contributed by atoms with Crippen LogP contribution in [0.1, 0.15) is 15.4 Å². The Morgan fingerprint density at radius 3 is 2.75 bits per heavy atom.